The lowest BCUT2D eigenvalue weighted by Gasteiger charge is -2.11. The highest BCUT2D eigenvalue weighted by molar-refractivity contribution is 5.81. The van der Waals surface area contributed by atoms with E-state index in [1.54, 1.807) is 7.11 Å². The molecule has 1 aromatic heterocycles. The van der Waals surface area contributed by atoms with E-state index in [1.807, 2.05) is 13.1 Å². The van der Waals surface area contributed by atoms with Gasteiger partial charge in [0.1, 0.15) is 0 Å². The van der Waals surface area contributed by atoms with Gasteiger partial charge < -0.3 is 15.8 Å². The number of amides is 1. The largest absolute Gasteiger partial charge is 0.385 e. The summed E-state index contributed by atoms with van der Waals surface area (Å²) in [5.74, 6) is -0.115. The van der Waals surface area contributed by atoms with Crippen LogP contribution in [0.15, 0.2) is 6.20 Å². The molecule has 1 rings (SSSR count). The minimum absolute atomic E-state index is 0.115. The Morgan fingerprint density at radius 3 is 3.06 bits per heavy atom. The molecule has 0 aliphatic rings. The zero-order valence-electron chi connectivity index (χ0n) is 11.0. The molecular formula is C12H22N4O2. The maximum Gasteiger partial charge on any atom is 0.237 e. The van der Waals surface area contributed by atoms with Crippen molar-refractivity contribution in [3.8, 4) is 0 Å². The van der Waals surface area contributed by atoms with Crippen molar-refractivity contribution in [2.45, 2.75) is 32.2 Å². The first-order valence-corrected chi connectivity index (χ1v) is 6.16. The lowest BCUT2D eigenvalue weighted by molar-refractivity contribution is -0.122. The zero-order valence-corrected chi connectivity index (χ0v) is 11.0. The number of hydrogen-bond donors (Lipinski definition) is 3. The van der Waals surface area contributed by atoms with Crippen molar-refractivity contribution in [3.05, 3.63) is 17.5 Å². The minimum atomic E-state index is -0.486. The molecule has 6 nitrogen and oxygen atoms in total. The van der Waals surface area contributed by atoms with E-state index in [2.05, 4.69) is 15.5 Å². The van der Waals surface area contributed by atoms with Crippen LogP contribution in [-0.4, -0.2) is 42.4 Å². The first kappa shape index (κ1) is 14.7. The van der Waals surface area contributed by atoms with Gasteiger partial charge in [0.2, 0.25) is 5.91 Å². The van der Waals surface area contributed by atoms with Crippen LogP contribution in [-0.2, 0) is 16.0 Å². The molecule has 0 saturated carbocycles. The fourth-order valence-corrected chi connectivity index (χ4v) is 1.63. The van der Waals surface area contributed by atoms with Crippen molar-refractivity contribution in [2.75, 3.05) is 20.3 Å². The number of nitrogens with two attached hydrogens (primary N) is 1. The summed E-state index contributed by atoms with van der Waals surface area (Å²) >= 11 is 0. The van der Waals surface area contributed by atoms with E-state index in [9.17, 15) is 4.79 Å². The molecule has 1 aromatic rings. The number of carbonyl (C=O) groups is 1. The number of aromatic amines is 1. The fourth-order valence-electron chi connectivity index (χ4n) is 1.63. The van der Waals surface area contributed by atoms with Crippen LogP contribution < -0.4 is 11.1 Å². The molecule has 102 valence electrons. The van der Waals surface area contributed by atoms with Crippen LogP contribution in [0.2, 0.25) is 0 Å². The highest BCUT2D eigenvalue weighted by atomic mass is 16.5. The highest BCUT2D eigenvalue weighted by Gasteiger charge is 2.11. The van der Waals surface area contributed by atoms with E-state index >= 15 is 0 Å². The Bertz CT molecular complexity index is 365. The average Bonchev–Trinajstić information content (AvgIpc) is 2.77. The minimum Gasteiger partial charge on any atom is -0.385 e. The Morgan fingerprint density at radius 2 is 2.44 bits per heavy atom. The van der Waals surface area contributed by atoms with Gasteiger partial charge in [-0.15, -0.1) is 0 Å². The van der Waals surface area contributed by atoms with E-state index in [0.29, 0.717) is 19.6 Å². The number of nitrogens with one attached hydrogen (secondary N) is 2. The smallest absolute Gasteiger partial charge is 0.237 e. The molecule has 4 N–H and O–H groups in total. The van der Waals surface area contributed by atoms with E-state index < -0.39 is 6.04 Å². The summed E-state index contributed by atoms with van der Waals surface area (Å²) < 4.78 is 4.88. The molecule has 0 radical (unpaired) electrons. The number of aromatic nitrogens is 2. The standard InChI is InChI=1S/C12H22N4O2/c1-9-10(8-15-16-9)4-3-6-14-12(17)11(13)5-7-18-2/h8,11H,3-7,13H2,1-2H3,(H,14,17)(H,15,16). The predicted octanol–water partition coefficient (Wildman–Crippen LogP) is 0.131. The van der Waals surface area contributed by atoms with Crippen molar-refractivity contribution >= 4 is 5.91 Å². The first-order chi connectivity index (χ1) is 8.65. The zero-order chi connectivity index (χ0) is 13.4. The highest BCUT2D eigenvalue weighted by Crippen LogP contribution is 2.04. The van der Waals surface area contributed by atoms with Crippen molar-refractivity contribution < 1.29 is 9.53 Å². The van der Waals surface area contributed by atoms with Crippen LogP contribution in [0.3, 0.4) is 0 Å². The Labute approximate surface area is 107 Å². The third-order valence-corrected chi connectivity index (χ3v) is 2.83. The maximum absolute atomic E-state index is 11.6. The van der Waals surface area contributed by atoms with Gasteiger partial charge in [-0.05, 0) is 31.7 Å². The van der Waals surface area contributed by atoms with Crippen molar-refractivity contribution in [1.29, 1.82) is 0 Å². The predicted molar refractivity (Wildman–Crippen MR) is 69.1 cm³/mol. The summed E-state index contributed by atoms with van der Waals surface area (Å²) in [5.41, 5.74) is 7.97. The van der Waals surface area contributed by atoms with Crippen LogP contribution >= 0.6 is 0 Å². The Kier molecular flexibility index (Phi) is 6.38. The molecule has 1 heterocycles. The van der Waals surface area contributed by atoms with E-state index in [1.165, 1.54) is 5.56 Å². The fraction of sp³-hybridized carbons (Fsp3) is 0.667. The third-order valence-electron chi connectivity index (χ3n) is 2.83. The van der Waals surface area contributed by atoms with E-state index in [-0.39, 0.29) is 5.91 Å². The normalized spacial score (nSPS) is 12.4. The summed E-state index contributed by atoms with van der Waals surface area (Å²) in [6.07, 6.45) is 4.14. The molecule has 0 aromatic carbocycles. The number of aryl methyl sites for hydroxylation is 2. The van der Waals surface area contributed by atoms with Gasteiger partial charge in [0.25, 0.3) is 0 Å². The van der Waals surface area contributed by atoms with Gasteiger partial charge in [0.05, 0.1) is 12.2 Å². The summed E-state index contributed by atoms with van der Waals surface area (Å²) in [7, 11) is 1.60. The summed E-state index contributed by atoms with van der Waals surface area (Å²) in [5, 5.41) is 9.66. The number of ether oxygens (including phenoxy) is 1. The van der Waals surface area contributed by atoms with Gasteiger partial charge in [-0.3, -0.25) is 9.89 Å². The Balaban J connectivity index is 2.14. The molecule has 1 unspecified atom stereocenters. The van der Waals surface area contributed by atoms with E-state index in [4.69, 9.17) is 10.5 Å². The summed E-state index contributed by atoms with van der Waals surface area (Å²) in [4.78, 5) is 11.6. The molecule has 1 atom stereocenters. The second-order valence-electron chi connectivity index (χ2n) is 4.30. The molecule has 0 saturated heterocycles. The first-order valence-electron chi connectivity index (χ1n) is 6.16. The molecule has 0 bridgehead atoms. The average molecular weight is 254 g/mol. The number of methoxy groups -OCH3 is 1. The van der Waals surface area contributed by atoms with Gasteiger partial charge in [-0.25, -0.2) is 0 Å². The molecule has 0 aliphatic heterocycles. The van der Waals surface area contributed by atoms with Gasteiger partial charge in [0.15, 0.2) is 0 Å². The number of rotatable bonds is 8. The van der Waals surface area contributed by atoms with Crippen LogP contribution in [0.4, 0.5) is 0 Å². The van der Waals surface area contributed by atoms with Crippen LogP contribution in [0.1, 0.15) is 24.1 Å². The van der Waals surface area contributed by atoms with Gasteiger partial charge in [0, 0.05) is 26.0 Å². The van der Waals surface area contributed by atoms with E-state index in [0.717, 1.165) is 18.5 Å². The van der Waals surface area contributed by atoms with Crippen molar-refractivity contribution in [3.63, 3.8) is 0 Å². The third kappa shape index (κ3) is 4.85. The van der Waals surface area contributed by atoms with Crippen LogP contribution in [0.5, 0.6) is 0 Å². The molecule has 0 aliphatic carbocycles. The second-order valence-corrected chi connectivity index (χ2v) is 4.30. The Morgan fingerprint density at radius 1 is 1.67 bits per heavy atom. The Hall–Kier alpha value is -1.40. The molecular weight excluding hydrogens is 232 g/mol. The van der Waals surface area contributed by atoms with Gasteiger partial charge in [-0.2, -0.15) is 5.10 Å². The van der Waals surface area contributed by atoms with Crippen molar-refractivity contribution in [1.82, 2.24) is 15.5 Å². The second kappa shape index (κ2) is 7.84. The topological polar surface area (TPSA) is 93.0 Å². The maximum atomic E-state index is 11.6. The molecule has 1 amide bonds. The van der Waals surface area contributed by atoms with Crippen LogP contribution in [0.25, 0.3) is 0 Å². The molecule has 0 spiro atoms. The SMILES string of the molecule is COCCC(N)C(=O)NCCCc1cn[nH]c1C. The lowest BCUT2D eigenvalue weighted by atomic mass is 10.1. The summed E-state index contributed by atoms with van der Waals surface area (Å²) in [6, 6.07) is -0.486. The monoisotopic (exact) mass is 254 g/mol. The van der Waals surface area contributed by atoms with Crippen LogP contribution in [0, 0.1) is 6.92 Å². The molecule has 6 heteroatoms. The van der Waals surface area contributed by atoms with Gasteiger partial charge >= 0.3 is 0 Å². The number of H-pyrrole nitrogens is 1. The van der Waals surface area contributed by atoms with Gasteiger partial charge in [-0.1, -0.05) is 0 Å². The number of nitrogens with zero attached hydrogens (tertiary/aromatic N) is 1. The summed E-state index contributed by atoms with van der Waals surface area (Å²) in [6.45, 7) is 3.12. The quantitative estimate of drug-likeness (QED) is 0.575. The molecule has 18 heavy (non-hydrogen) atoms. The molecule has 0 fully saturated rings. The number of carbonyl (C=O) groups excluding carboxylic acids is 1. The number of hydrogen-bond acceptors (Lipinski definition) is 4. The van der Waals surface area contributed by atoms with Crippen molar-refractivity contribution in [2.24, 2.45) is 5.73 Å². The lowest BCUT2D eigenvalue weighted by Crippen LogP contribution is -2.41.